The molecule has 4 nitrogen and oxygen atoms in total. The Hall–Kier alpha value is -0.610. The molecule has 0 aromatic rings. The third-order valence-corrected chi connectivity index (χ3v) is 2.23. The lowest BCUT2D eigenvalue weighted by atomic mass is 10.0. The Morgan fingerprint density at radius 2 is 2.14 bits per heavy atom. The fraction of sp³-hybridized carbons (Fsp3) is 0.900. The molecule has 1 saturated heterocycles. The quantitative estimate of drug-likeness (QED) is 0.515. The molecule has 0 saturated carbocycles. The van der Waals surface area contributed by atoms with Gasteiger partial charge in [-0.15, -0.1) is 0 Å². The highest BCUT2D eigenvalue weighted by atomic mass is 17.2. The van der Waals surface area contributed by atoms with Gasteiger partial charge in [-0.05, 0) is 27.2 Å². The first-order chi connectivity index (χ1) is 6.40. The average molecular weight is 202 g/mol. The van der Waals surface area contributed by atoms with Gasteiger partial charge in [-0.2, -0.15) is 0 Å². The molecule has 14 heavy (non-hydrogen) atoms. The molecular weight excluding hydrogens is 184 g/mol. The van der Waals surface area contributed by atoms with E-state index in [2.05, 4.69) is 11.8 Å². The number of carbonyl (C=O) groups excluding carboxylic acids is 1. The zero-order valence-corrected chi connectivity index (χ0v) is 9.25. The van der Waals surface area contributed by atoms with Crippen LogP contribution in [0.2, 0.25) is 0 Å². The lowest BCUT2D eigenvalue weighted by Gasteiger charge is -2.36. The first-order valence-corrected chi connectivity index (χ1v) is 4.94. The van der Waals surface area contributed by atoms with E-state index in [-0.39, 0.29) is 12.6 Å². The zero-order valence-electron chi connectivity index (χ0n) is 9.25. The minimum atomic E-state index is -0.898. The fourth-order valence-electron chi connectivity index (χ4n) is 1.34. The third kappa shape index (κ3) is 2.45. The molecular formula is C10H18O4. The summed E-state index contributed by atoms with van der Waals surface area (Å²) in [7, 11) is 0. The molecule has 82 valence electrons. The average Bonchev–Trinajstić information content (AvgIpc) is 1.98. The lowest BCUT2D eigenvalue weighted by molar-refractivity contribution is -0.454. The van der Waals surface area contributed by atoms with Crippen molar-refractivity contribution in [3.05, 3.63) is 0 Å². The summed E-state index contributed by atoms with van der Waals surface area (Å²) in [5.74, 6) is -0.345. The Morgan fingerprint density at radius 1 is 1.57 bits per heavy atom. The molecule has 1 aliphatic heterocycles. The predicted molar refractivity (Wildman–Crippen MR) is 50.5 cm³/mol. The highest BCUT2D eigenvalue weighted by Crippen LogP contribution is 2.27. The van der Waals surface area contributed by atoms with Gasteiger partial charge < -0.3 is 4.74 Å². The van der Waals surface area contributed by atoms with Crippen molar-refractivity contribution < 1.29 is 19.3 Å². The lowest BCUT2D eigenvalue weighted by Crippen LogP contribution is -2.54. The molecule has 1 unspecified atom stereocenters. The molecule has 1 atom stereocenters. The molecule has 0 spiro atoms. The number of esters is 1. The second-order valence-electron chi connectivity index (χ2n) is 4.48. The molecule has 0 aromatic carbocycles. The van der Waals surface area contributed by atoms with E-state index in [1.54, 1.807) is 6.92 Å². The number of hydrogen-bond donors (Lipinski definition) is 0. The summed E-state index contributed by atoms with van der Waals surface area (Å²) >= 11 is 0. The standard InChI is InChI=1S/C10H18O4/c1-5-6-9(2,3)13-8(11)10(4)7-12-14-10/h5-7H2,1-4H3. The Labute approximate surface area is 84.4 Å². The molecule has 1 heterocycles. The van der Waals surface area contributed by atoms with Gasteiger partial charge >= 0.3 is 5.97 Å². The van der Waals surface area contributed by atoms with Gasteiger partial charge in [0, 0.05) is 0 Å². The molecule has 0 bridgehead atoms. The summed E-state index contributed by atoms with van der Waals surface area (Å²) in [6.45, 7) is 7.80. The maximum atomic E-state index is 11.6. The van der Waals surface area contributed by atoms with Crippen LogP contribution < -0.4 is 0 Å². The predicted octanol–water partition coefficient (Wildman–Crippen LogP) is 1.83. The maximum Gasteiger partial charge on any atom is 0.344 e. The van der Waals surface area contributed by atoms with Crippen LogP contribution >= 0.6 is 0 Å². The van der Waals surface area contributed by atoms with Crippen LogP contribution in [0.4, 0.5) is 0 Å². The van der Waals surface area contributed by atoms with Gasteiger partial charge in [0.2, 0.25) is 5.60 Å². The summed E-state index contributed by atoms with van der Waals surface area (Å²) in [5.41, 5.74) is -1.32. The molecule has 0 radical (unpaired) electrons. The summed E-state index contributed by atoms with van der Waals surface area (Å²) in [6.07, 6.45) is 1.82. The van der Waals surface area contributed by atoms with Crippen LogP contribution in [0, 0.1) is 0 Å². The van der Waals surface area contributed by atoms with Gasteiger partial charge in [-0.1, -0.05) is 13.3 Å². The van der Waals surface area contributed by atoms with Crippen molar-refractivity contribution in [2.24, 2.45) is 0 Å². The second kappa shape index (κ2) is 3.87. The van der Waals surface area contributed by atoms with Crippen molar-refractivity contribution in [2.45, 2.75) is 51.7 Å². The van der Waals surface area contributed by atoms with Gasteiger partial charge in [0.25, 0.3) is 0 Å². The fourth-order valence-corrected chi connectivity index (χ4v) is 1.34. The van der Waals surface area contributed by atoms with E-state index in [9.17, 15) is 4.79 Å². The minimum Gasteiger partial charge on any atom is -0.457 e. The van der Waals surface area contributed by atoms with E-state index in [4.69, 9.17) is 9.62 Å². The van der Waals surface area contributed by atoms with Gasteiger partial charge in [-0.3, -0.25) is 0 Å². The largest absolute Gasteiger partial charge is 0.457 e. The molecule has 1 aliphatic rings. The van der Waals surface area contributed by atoms with Crippen LogP contribution in [0.25, 0.3) is 0 Å². The Morgan fingerprint density at radius 3 is 2.50 bits per heavy atom. The molecule has 0 aromatic heterocycles. The van der Waals surface area contributed by atoms with Gasteiger partial charge in [0.05, 0.1) is 0 Å². The van der Waals surface area contributed by atoms with E-state index in [1.807, 2.05) is 13.8 Å². The zero-order chi connectivity index (χ0) is 10.8. The van der Waals surface area contributed by atoms with Crippen LogP contribution in [0.15, 0.2) is 0 Å². The maximum absolute atomic E-state index is 11.6. The van der Waals surface area contributed by atoms with Crippen molar-refractivity contribution in [3.8, 4) is 0 Å². The van der Waals surface area contributed by atoms with Crippen molar-refractivity contribution in [1.82, 2.24) is 0 Å². The van der Waals surface area contributed by atoms with Gasteiger partial charge in [0.1, 0.15) is 12.2 Å². The third-order valence-electron chi connectivity index (χ3n) is 2.23. The minimum absolute atomic E-state index is 0.272. The van der Waals surface area contributed by atoms with E-state index >= 15 is 0 Å². The molecule has 0 amide bonds. The number of carbonyl (C=O) groups is 1. The first kappa shape index (κ1) is 11.5. The Balaban J connectivity index is 2.47. The van der Waals surface area contributed by atoms with Crippen molar-refractivity contribution in [3.63, 3.8) is 0 Å². The van der Waals surface area contributed by atoms with Crippen molar-refractivity contribution >= 4 is 5.97 Å². The molecule has 1 fully saturated rings. The smallest absolute Gasteiger partial charge is 0.344 e. The topological polar surface area (TPSA) is 44.8 Å². The van der Waals surface area contributed by atoms with E-state index in [1.165, 1.54) is 0 Å². The number of hydrogen-bond acceptors (Lipinski definition) is 4. The van der Waals surface area contributed by atoms with Crippen LogP contribution in [-0.4, -0.2) is 23.8 Å². The SMILES string of the molecule is CCCC(C)(C)OC(=O)C1(C)COO1. The highest BCUT2D eigenvalue weighted by molar-refractivity contribution is 5.80. The van der Waals surface area contributed by atoms with Crippen LogP contribution in [0.5, 0.6) is 0 Å². The van der Waals surface area contributed by atoms with Crippen LogP contribution in [-0.2, 0) is 19.3 Å². The monoisotopic (exact) mass is 202 g/mol. The van der Waals surface area contributed by atoms with E-state index < -0.39 is 11.2 Å². The summed E-state index contributed by atoms with van der Waals surface area (Å²) in [6, 6.07) is 0. The summed E-state index contributed by atoms with van der Waals surface area (Å²) < 4.78 is 5.34. The van der Waals surface area contributed by atoms with Crippen molar-refractivity contribution in [1.29, 1.82) is 0 Å². The Kier molecular flexibility index (Phi) is 3.17. The first-order valence-electron chi connectivity index (χ1n) is 4.94. The molecule has 0 aliphatic carbocycles. The second-order valence-corrected chi connectivity index (χ2v) is 4.48. The van der Waals surface area contributed by atoms with Crippen LogP contribution in [0.1, 0.15) is 40.5 Å². The summed E-state index contributed by atoms with van der Waals surface area (Å²) in [4.78, 5) is 20.9. The van der Waals surface area contributed by atoms with Crippen molar-refractivity contribution in [2.75, 3.05) is 6.61 Å². The van der Waals surface area contributed by atoms with E-state index in [0.29, 0.717) is 0 Å². The van der Waals surface area contributed by atoms with Gasteiger partial charge in [0.15, 0.2) is 0 Å². The Bertz CT molecular complexity index is 218. The molecule has 1 rings (SSSR count). The number of ether oxygens (including phenoxy) is 1. The highest BCUT2D eigenvalue weighted by Gasteiger charge is 2.47. The van der Waals surface area contributed by atoms with E-state index in [0.717, 1.165) is 12.8 Å². The number of rotatable bonds is 4. The summed E-state index contributed by atoms with van der Waals surface area (Å²) in [5, 5.41) is 0. The van der Waals surface area contributed by atoms with Crippen LogP contribution in [0.3, 0.4) is 0 Å². The normalized spacial score (nSPS) is 26.9. The van der Waals surface area contributed by atoms with Gasteiger partial charge in [-0.25, -0.2) is 14.6 Å². The molecule has 0 N–H and O–H groups in total. The molecule has 4 heteroatoms.